The third-order valence-electron chi connectivity index (χ3n) is 2.49. The molecule has 17 heavy (non-hydrogen) atoms. The molecule has 0 aliphatic rings. The number of carboxylic acid groups (broad SMARTS) is 1. The number of methoxy groups -OCH3 is 1. The van der Waals surface area contributed by atoms with E-state index in [1.807, 2.05) is 30.3 Å². The third kappa shape index (κ3) is 6.04. The average Bonchev–Trinajstić information content (AvgIpc) is 2.30. The summed E-state index contributed by atoms with van der Waals surface area (Å²) < 4.78 is 4.94. The van der Waals surface area contributed by atoms with Crippen LogP contribution in [0.15, 0.2) is 30.3 Å². The lowest BCUT2D eigenvalue weighted by molar-refractivity contribution is -0.137. The summed E-state index contributed by atoms with van der Waals surface area (Å²) in [4.78, 5) is 10.8. The van der Waals surface area contributed by atoms with Crippen LogP contribution in [0.3, 0.4) is 0 Å². The quantitative estimate of drug-likeness (QED) is 0.669. The number of hydrogen-bond donors (Lipinski definition) is 2. The Morgan fingerprint density at radius 2 is 2.12 bits per heavy atom. The molecule has 0 radical (unpaired) electrons. The molecule has 1 rings (SSSR count). The lowest BCUT2D eigenvalue weighted by atomic mass is 10.0. The van der Waals surface area contributed by atoms with Gasteiger partial charge in [0.2, 0.25) is 0 Å². The van der Waals surface area contributed by atoms with Crippen LogP contribution < -0.4 is 5.32 Å². The van der Waals surface area contributed by atoms with Crippen LogP contribution in [0.2, 0.25) is 0 Å². The zero-order valence-corrected chi connectivity index (χ0v) is 10.1. The Morgan fingerprint density at radius 3 is 2.71 bits per heavy atom. The molecule has 0 aromatic heterocycles. The molecular formula is C13H19NO3. The van der Waals surface area contributed by atoms with Gasteiger partial charge in [-0.1, -0.05) is 30.3 Å². The smallest absolute Gasteiger partial charge is 0.304 e. The summed E-state index contributed by atoms with van der Waals surface area (Å²) in [5, 5.41) is 12.0. The molecule has 0 aliphatic heterocycles. The fraction of sp³-hybridized carbons (Fsp3) is 0.462. The van der Waals surface area contributed by atoms with Crippen molar-refractivity contribution in [1.82, 2.24) is 5.32 Å². The highest BCUT2D eigenvalue weighted by Gasteiger charge is 2.12. The molecule has 0 spiro atoms. The van der Waals surface area contributed by atoms with Crippen LogP contribution in [0.5, 0.6) is 0 Å². The van der Waals surface area contributed by atoms with Crippen LogP contribution in [0.1, 0.15) is 12.0 Å². The minimum absolute atomic E-state index is 0.0509. The van der Waals surface area contributed by atoms with Crippen molar-refractivity contribution in [2.24, 2.45) is 0 Å². The molecule has 0 amide bonds. The molecule has 0 bridgehead atoms. The van der Waals surface area contributed by atoms with Crippen molar-refractivity contribution in [3.05, 3.63) is 35.9 Å². The monoisotopic (exact) mass is 237 g/mol. The van der Waals surface area contributed by atoms with E-state index < -0.39 is 5.97 Å². The Morgan fingerprint density at radius 1 is 1.41 bits per heavy atom. The van der Waals surface area contributed by atoms with Crippen molar-refractivity contribution in [3.8, 4) is 0 Å². The van der Waals surface area contributed by atoms with E-state index in [1.54, 1.807) is 7.11 Å². The maximum atomic E-state index is 10.8. The normalized spacial score (nSPS) is 12.3. The number of ether oxygens (including phenoxy) is 1. The maximum absolute atomic E-state index is 10.8. The Labute approximate surface area is 102 Å². The van der Waals surface area contributed by atoms with E-state index in [0.29, 0.717) is 13.2 Å². The van der Waals surface area contributed by atoms with E-state index in [1.165, 1.54) is 0 Å². The van der Waals surface area contributed by atoms with Gasteiger partial charge in [0, 0.05) is 19.7 Å². The van der Waals surface area contributed by atoms with Gasteiger partial charge in [-0.15, -0.1) is 0 Å². The predicted octanol–water partition coefficient (Wildman–Crippen LogP) is 1.31. The van der Waals surface area contributed by atoms with Gasteiger partial charge in [0.05, 0.1) is 13.0 Å². The zero-order valence-electron chi connectivity index (χ0n) is 10.1. The molecule has 0 aliphatic carbocycles. The number of nitrogens with one attached hydrogen (secondary N) is 1. The van der Waals surface area contributed by atoms with Crippen LogP contribution in [-0.4, -0.2) is 37.4 Å². The Bertz CT molecular complexity index is 327. The predicted molar refractivity (Wildman–Crippen MR) is 66.1 cm³/mol. The van der Waals surface area contributed by atoms with E-state index in [9.17, 15) is 4.79 Å². The molecule has 4 nitrogen and oxygen atoms in total. The second-order valence-corrected chi connectivity index (χ2v) is 3.93. The van der Waals surface area contributed by atoms with Crippen LogP contribution in [-0.2, 0) is 16.0 Å². The van der Waals surface area contributed by atoms with Gasteiger partial charge in [-0.25, -0.2) is 0 Å². The molecular weight excluding hydrogens is 218 g/mol. The van der Waals surface area contributed by atoms with Crippen molar-refractivity contribution in [3.63, 3.8) is 0 Å². The van der Waals surface area contributed by atoms with Gasteiger partial charge in [0.15, 0.2) is 0 Å². The van der Waals surface area contributed by atoms with Crippen LogP contribution in [0.25, 0.3) is 0 Å². The van der Waals surface area contributed by atoms with Crippen molar-refractivity contribution in [1.29, 1.82) is 0 Å². The Hall–Kier alpha value is -1.39. The Kier molecular flexibility index (Phi) is 6.29. The van der Waals surface area contributed by atoms with E-state index in [2.05, 4.69) is 5.32 Å². The van der Waals surface area contributed by atoms with Gasteiger partial charge >= 0.3 is 5.97 Å². The SMILES string of the molecule is COCCNC(CC(=O)O)Cc1ccccc1. The first kappa shape index (κ1) is 13.7. The molecule has 0 heterocycles. The first-order valence-corrected chi connectivity index (χ1v) is 5.70. The minimum Gasteiger partial charge on any atom is -0.481 e. The summed E-state index contributed by atoms with van der Waals surface area (Å²) in [6.45, 7) is 1.26. The number of carbonyl (C=O) groups is 1. The van der Waals surface area contributed by atoms with Gasteiger partial charge in [-0.05, 0) is 12.0 Å². The van der Waals surface area contributed by atoms with Gasteiger partial charge in [0.1, 0.15) is 0 Å². The second kappa shape index (κ2) is 7.81. The number of carboxylic acids is 1. The van der Waals surface area contributed by atoms with Crippen LogP contribution >= 0.6 is 0 Å². The van der Waals surface area contributed by atoms with Crippen LogP contribution in [0, 0.1) is 0 Å². The van der Waals surface area contributed by atoms with Gasteiger partial charge in [-0.2, -0.15) is 0 Å². The largest absolute Gasteiger partial charge is 0.481 e. The van der Waals surface area contributed by atoms with Crippen molar-refractivity contribution >= 4 is 5.97 Å². The summed E-state index contributed by atoms with van der Waals surface area (Å²) in [5.41, 5.74) is 1.14. The van der Waals surface area contributed by atoms with E-state index in [0.717, 1.165) is 12.0 Å². The van der Waals surface area contributed by atoms with Crippen LogP contribution in [0.4, 0.5) is 0 Å². The molecule has 4 heteroatoms. The summed E-state index contributed by atoms with van der Waals surface area (Å²) in [6, 6.07) is 9.84. The second-order valence-electron chi connectivity index (χ2n) is 3.93. The lowest BCUT2D eigenvalue weighted by Crippen LogP contribution is -2.35. The third-order valence-corrected chi connectivity index (χ3v) is 2.49. The van der Waals surface area contributed by atoms with E-state index in [-0.39, 0.29) is 12.5 Å². The van der Waals surface area contributed by atoms with Gasteiger partial charge in [-0.3, -0.25) is 4.79 Å². The lowest BCUT2D eigenvalue weighted by Gasteiger charge is -2.16. The molecule has 0 fully saturated rings. The molecule has 1 aromatic carbocycles. The number of aliphatic carboxylic acids is 1. The summed E-state index contributed by atoms with van der Waals surface area (Å²) in [5.74, 6) is -0.782. The number of benzene rings is 1. The minimum atomic E-state index is -0.782. The fourth-order valence-corrected chi connectivity index (χ4v) is 1.69. The molecule has 1 aromatic rings. The number of rotatable bonds is 8. The van der Waals surface area contributed by atoms with Gasteiger partial charge < -0.3 is 15.2 Å². The first-order valence-electron chi connectivity index (χ1n) is 5.70. The van der Waals surface area contributed by atoms with E-state index >= 15 is 0 Å². The van der Waals surface area contributed by atoms with Crippen molar-refractivity contribution < 1.29 is 14.6 Å². The number of hydrogen-bond acceptors (Lipinski definition) is 3. The average molecular weight is 237 g/mol. The summed E-state index contributed by atoms with van der Waals surface area (Å²) in [6.07, 6.45) is 0.843. The topological polar surface area (TPSA) is 58.6 Å². The molecule has 94 valence electrons. The van der Waals surface area contributed by atoms with Gasteiger partial charge in [0.25, 0.3) is 0 Å². The van der Waals surface area contributed by atoms with Crippen molar-refractivity contribution in [2.75, 3.05) is 20.3 Å². The molecule has 1 atom stereocenters. The summed E-state index contributed by atoms with van der Waals surface area (Å²) in [7, 11) is 1.63. The fourth-order valence-electron chi connectivity index (χ4n) is 1.69. The molecule has 0 saturated carbocycles. The van der Waals surface area contributed by atoms with Crippen molar-refractivity contribution in [2.45, 2.75) is 18.9 Å². The highest BCUT2D eigenvalue weighted by Crippen LogP contribution is 2.05. The van der Waals surface area contributed by atoms with E-state index in [4.69, 9.17) is 9.84 Å². The molecule has 1 unspecified atom stereocenters. The maximum Gasteiger partial charge on any atom is 0.304 e. The Balaban J connectivity index is 2.48. The highest BCUT2D eigenvalue weighted by atomic mass is 16.5. The first-order chi connectivity index (χ1) is 8.22. The standard InChI is InChI=1S/C13H19NO3/c1-17-8-7-14-12(10-13(15)16)9-11-5-3-2-4-6-11/h2-6,12,14H,7-10H2,1H3,(H,15,16). The summed E-state index contributed by atoms with van der Waals surface area (Å²) >= 11 is 0. The molecule has 2 N–H and O–H groups in total. The molecule has 0 saturated heterocycles. The zero-order chi connectivity index (χ0) is 12.5. The highest BCUT2D eigenvalue weighted by molar-refractivity contribution is 5.67.